The highest BCUT2D eigenvalue weighted by atomic mass is 16.4. The Kier molecular flexibility index (Phi) is 4.82. The van der Waals surface area contributed by atoms with Crippen LogP contribution in [0.2, 0.25) is 0 Å². The van der Waals surface area contributed by atoms with Gasteiger partial charge in [0.2, 0.25) is 0 Å². The van der Waals surface area contributed by atoms with Crippen LogP contribution in [0.1, 0.15) is 20.7 Å². The standard InChI is InChI=1S/C17H13NO4/c19-15(10-11-16(20)21)12-6-8-14(9-7-12)18-17(22)13-4-2-1-3-5-13/h1-11H,(H,18,22)(H,20,21)/b11-10+. The predicted octanol–water partition coefficient (Wildman–Crippen LogP) is 2.76. The molecule has 0 aliphatic rings. The fraction of sp³-hybridized carbons (Fsp3) is 0. The van der Waals surface area contributed by atoms with Crippen molar-refractivity contribution in [1.82, 2.24) is 0 Å². The Labute approximate surface area is 126 Å². The first-order valence-corrected chi connectivity index (χ1v) is 6.48. The van der Waals surface area contributed by atoms with Gasteiger partial charge in [-0.1, -0.05) is 18.2 Å². The fourth-order valence-corrected chi connectivity index (χ4v) is 1.75. The summed E-state index contributed by atoms with van der Waals surface area (Å²) in [5.41, 5.74) is 1.43. The van der Waals surface area contributed by atoms with E-state index in [2.05, 4.69) is 5.32 Å². The number of carbonyl (C=O) groups is 3. The lowest BCUT2D eigenvalue weighted by molar-refractivity contribution is -0.131. The molecular formula is C17H13NO4. The maximum atomic E-state index is 12.0. The Morgan fingerprint density at radius 3 is 2.05 bits per heavy atom. The molecule has 0 aliphatic heterocycles. The van der Waals surface area contributed by atoms with Gasteiger partial charge in [-0.25, -0.2) is 4.79 Å². The van der Waals surface area contributed by atoms with Crippen molar-refractivity contribution in [2.75, 3.05) is 5.32 Å². The number of carboxylic acid groups (broad SMARTS) is 1. The summed E-state index contributed by atoms with van der Waals surface area (Å²) in [4.78, 5) is 34.0. The molecular weight excluding hydrogens is 282 g/mol. The molecule has 0 aliphatic carbocycles. The molecule has 0 radical (unpaired) electrons. The van der Waals surface area contributed by atoms with Crippen molar-refractivity contribution in [2.45, 2.75) is 0 Å². The number of carboxylic acids is 1. The lowest BCUT2D eigenvalue weighted by atomic mass is 10.1. The summed E-state index contributed by atoms with van der Waals surface area (Å²) in [5, 5.41) is 11.2. The van der Waals surface area contributed by atoms with Crippen LogP contribution in [0, 0.1) is 0 Å². The molecule has 5 heteroatoms. The Hall–Kier alpha value is -3.21. The summed E-state index contributed by atoms with van der Waals surface area (Å²) >= 11 is 0. The van der Waals surface area contributed by atoms with Crippen molar-refractivity contribution in [3.8, 4) is 0 Å². The average molecular weight is 295 g/mol. The third-order valence-corrected chi connectivity index (χ3v) is 2.84. The number of hydrogen-bond acceptors (Lipinski definition) is 3. The van der Waals surface area contributed by atoms with Crippen LogP contribution in [0.25, 0.3) is 0 Å². The van der Waals surface area contributed by atoms with Crippen molar-refractivity contribution >= 4 is 23.3 Å². The van der Waals surface area contributed by atoms with Gasteiger partial charge in [-0.15, -0.1) is 0 Å². The second-order valence-electron chi connectivity index (χ2n) is 4.43. The van der Waals surface area contributed by atoms with E-state index in [1.807, 2.05) is 6.07 Å². The van der Waals surface area contributed by atoms with Gasteiger partial charge < -0.3 is 10.4 Å². The number of benzene rings is 2. The molecule has 2 aromatic carbocycles. The number of allylic oxidation sites excluding steroid dienone is 1. The number of ketones is 1. The number of carbonyl (C=O) groups excluding carboxylic acids is 2. The monoisotopic (exact) mass is 295 g/mol. The average Bonchev–Trinajstić information content (AvgIpc) is 2.54. The SMILES string of the molecule is O=C(O)/C=C/C(=O)c1ccc(NC(=O)c2ccccc2)cc1. The van der Waals surface area contributed by atoms with E-state index in [4.69, 9.17) is 5.11 Å². The van der Waals surface area contributed by atoms with Crippen molar-refractivity contribution in [3.05, 3.63) is 77.9 Å². The van der Waals surface area contributed by atoms with Gasteiger partial charge in [0.15, 0.2) is 5.78 Å². The van der Waals surface area contributed by atoms with Crippen LogP contribution < -0.4 is 5.32 Å². The van der Waals surface area contributed by atoms with Gasteiger partial charge in [0, 0.05) is 22.9 Å². The van der Waals surface area contributed by atoms with Crippen molar-refractivity contribution in [3.63, 3.8) is 0 Å². The van der Waals surface area contributed by atoms with Crippen molar-refractivity contribution in [2.24, 2.45) is 0 Å². The second-order valence-corrected chi connectivity index (χ2v) is 4.43. The van der Waals surface area contributed by atoms with Gasteiger partial charge in [0.25, 0.3) is 5.91 Å². The maximum absolute atomic E-state index is 12.0. The molecule has 5 nitrogen and oxygen atoms in total. The summed E-state index contributed by atoms with van der Waals surface area (Å²) in [5.74, 6) is -1.84. The highest BCUT2D eigenvalue weighted by Gasteiger charge is 2.06. The van der Waals surface area contributed by atoms with E-state index in [0.717, 1.165) is 12.2 Å². The first-order valence-electron chi connectivity index (χ1n) is 6.48. The van der Waals surface area contributed by atoms with Gasteiger partial charge in [-0.3, -0.25) is 9.59 Å². The van der Waals surface area contributed by atoms with E-state index in [0.29, 0.717) is 16.8 Å². The first-order chi connectivity index (χ1) is 10.6. The molecule has 0 aromatic heterocycles. The van der Waals surface area contributed by atoms with Crippen LogP contribution in [-0.2, 0) is 4.79 Å². The zero-order valence-corrected chi connectivity index (χ0v) is 11.5. The van der Waals surface area contributed by atoms with Crippen LogP contribution >= 0.6 is 0 Å². The van der Waals surface area contributed by atoms with Gasteiger partial charge in [0.1, 0.15) is 0 Å². The zero-order valence-electron chi connectivity index (χ0n) is 11.5. The number of rotatable bonds is 5. The lowest BCUT2D eigenvalue weighted by Crippen LogP contribution is -2.11. The van der Waals surface area contributed by atoms with Crippen LogP contribution in [0.4, 0.5) is 5.69 Å². The van der Waals surface area contributed by atoms with E-state index >= 15 is 0 Å². The zero-order chi connectivity index (χ0) is 15.9. The molecule has 2 N–H and O–H groups in total. The third kappa shape index (κ3) is 4.14. The number of anilines is 1. The molecule has 0 atom stereocenters. The molecule has 0 unspecified atom stereocenters. The van der Waals surface area contributed by atoms with Crippen molar-refractivity contribution in [1.29, 1.82) is 0 Å². The molecule has 0 bridgehead atoms. The number of aliphatic carboxylic acids is 1. The topological polar surface area (TPSA) is 83.5 Å². The smallest absolute Gasteiger partial charge is 0.328 e. The quantitative estimate of drug-likeness (QED) is 0.656. The Bertz CT molecular complexity index is 718. The summed E-state index contributed by atoms with van der Waals surface area (Å²) < 4.78 is 0. The molecule has 0 fully saturated rings. The van der Waals surface area contributed by atoms with Gasteiger partial charge in [-0.2, -0.15) is 0 Å². The fourth-order valence-electron chi connectivity index (χ4n) is 1.75. The van der Waals surface area contributed by atoms with Crippen LogP contribution in [-0.4, -0.2) is 22.8 Å². The molecule has 110 valence electrons. The lowest BCUT2D eigenvalue weighted by Gasteiger charge is -2.05. The number of amides is 1. The van der Waals surface area contributed by atoms with E-state index in [9.17, 15) is 14.4 Å². The van der Waals surface area contributed by atoms with Crippen LogP contribution in [0.3, 0.4) is 0 Å². The van der Waals surface area contributed by atoms with Gasteiger partial charge >= 0.3 is 5.97 Å². The minimum absolute atomic E-state index is 0.245. The maximum Gasteiger partial charge on any atom is 0.328 e. The molecule has 0 saturated heterocycles. The van der Waals surface area contributed by atoms with E-state index in [-0.39, 0.29) is 5.91 Å². The van der Waals surface area contributed by atoms with Gasteiger partial charge in [-0.05, 0) is 42.5 Å². The summed E-state index contributed by atoms with van der Waals surface area (Å²) in [7, 11) is 0. The third-order valence-electron chi connectivity index (χ3n) is 2.84. The number of hydrogen-bond donors (Lipinski definition) is 2. The summed E-state index contributed by atoms with van der Waals surface area (Å²) in [6, 6.07) is 15.0. The highest BCUT2D eigenvalue weighted by molar-refractivity contribution is 6.07. The minimum atomic E-state index is -1.18. The van der Waals surface area contributed by atoms with Crippen molar-refractivity contribution < 1.29 is 19.5 Å². The molecule has 1 amide bonds. The van der Waals surface area contributed by atoms with Crippen LogP contribution in [0.15, 0.2) is 66.7 Å². The Balaban J connectivity index is 2.05. The Morgan fingerprint density at radius 1 is 0.818 bits per heavy atom. The molecule has 22 heavy (non-hydrogen) atoms. The molecule has 0 heterocycles. The van der Waals surface area contributed by atoms with Gasteiger partial charge in [0.05, 0.1) is 0 Å². The van der Waals surface area contributed by atoms with Crippen LogP contribution in [0.5, 0.6) is 0 Å². The largest absolute Gasteiger partial charge is 0.478 e. The molecule has 0 spiro atoms. The Morgan fingerprint density at radius 2 is 1.45 bits per heavy atom. The first kappa shape index (κ1) is 15.2. The predicted molar refractivity (Wildman–Crippen MR) is 81.9 cm³/mol. The van der Waals surface area contributed by atoms with E-state index in [1.165, 1.54) is 12.1 Å². The molecule has 2 rings (SSSR count). The highest BCUT2D eigenvalue weighted by Crippen LogP contribution is 2.12. The second kappa shape index (κ2) is 6.99. The van der Waals surface area contributed by atoms with E-state index < -0.39 is 11.8 Å². The summed E-state index contributed by atoms with van der Waals surface area (Å²) in [6.45, 7) is 0. The summed E-state index contributed by atoms with van der Waals surface area (Å²) in [6.07, 6.45) is 1.77. The molecule has 0 saturated carbocycles. The number of nitrogens with one attached hydrogen (secondary N) is 1. The van der Waals surface area contributed by atoms with E-state index in [1.54, 1.807) is 36.4 Å². The normalized spacial score (nSPS) is 10.4. The molecule has 2 aromatic rings. The minimum Gasteiger partial charge on any atom is -0.478 e.